The first-order chi connectivity index (χ1) is 7.80. The molecule has 19 heavy (non-hydrogen) atoms. The van der Waals surface area contributed by atoms with Crippen molar-refractivity contribution in [2.75, 3.05) is 12.5 Å². The first kappa shape index (κ1) is 24.4. The van der Waals surface area contributed by atoms with Crippen LogP contribution in [0, 0.1) is 0 Å². The van der Waals surface area contributed by atoms with E-state index in [1.165, 1.54) is 12.8 Å². The van der Waals surface area contributed by atoms with Gasteiger partial charge in [-0.25, -0.2) is 16.8 Å². The monoisotopic (exact) mass is 499 g/mol. The minimum atomic E-state index is -3.92. The summed E-state index contributed by atoms with van der Waals surface area (Å²) in [4.78, 5) is 0. The van der Waals surface area contributed by atoms with Crippen LogP contribution in [0.3, 0.4) is 0 Å². The maximum Gasteiger partial charge on any atom is 2.00 e. The molecule has 4 N–H and O–H groups in total. The van der Waals surface area contributed by atoms with E-state index >= 15 is 0 Å². The molecule has 0 heterocycles. The Hall–Kier alpha value is 0.428. The maximum absolute atomic E-state index is 9.08. The van der Waals surface area contributed by atoms with Crippen LogP contribution in [0.25, 0.3) is 0 Å². The Morgan fingerprint density at radius 2 is 1.00 bits per heavy atom. The minimum absolute atomic E-state index is 0. The van der Waals surface area contributed by atoms with E-state index in [0.717, 1.165) is 12.8 Å². The van der Waals surface area contributed by atoms with Crippen LogP contribution < -0.4 is 11.5 Å². The van der Waals surface area contributed by atoms with E-state index in [2.05, 4.69) is 0 Å². The van der Waals surface area contributed by atoms with Gasteiger partial charge in [0, 0.05) is 24.6 Å². The second kappa shape index (κ2) is 11.1. The molecule has 0 bridgehead atoms. The predicted molar refractivity (Wildman–Crippen MR) is 65.7 cm³/mol. The van der Waals surface area contributed by atoms with Crippen LogP contribution in [0.2, 0.25) is 0 Å². The molecule has 1 saturated carbocycles. The first-order valence-electron chi connectivity index (χ1n) is 5.13. The van der Waals surface area contributed by atoms with Gasteiger partial charge in [0.05, 0.1) is 20.2 Å². The van der Waals surface area contributed by atoms with Gasteiger partial charge in [0.1, 0.15) is 0 Å². The molecule has 1 aliphatic rings. The summed E-state index contributed by atoms with van der Waals surface area (Å²) >= 11 is 0. The summed E-state index contributed by atoms with van der Waals surface area (Å²) < 4.78 is 54.5. The summed E-state index contributed by atoms with van der Waals surface area (Å²) in [6.07, 6.45) is 6.01. The summed E-state index contributed by atoms with van der Waals surface area (Å²) in [7, 11) is -7.83. The molecule has 0 aromatic heterocycles. The Kier molecular flexibility index (Phi) is 14.3. The van der Waals surface area contributed by atoms with Crippen molar-refractivity contribution in [2.45, 2.75) is 37.8 Å². The Labute approximate surface area is 129 Å². The van der Waals surface area contributed by atoms with Gasteiger partial charge >= 0.3 is 21.1 Å². The van der Waals surface area contributed by atoms with Crippen molar-refractivity contribution >= 4 is 20.2 Å². The van der Waals surface area contributed by atoms with Crippen LogP contribution in [0.1, 0.15) is 25.7 Å². The Morgan fingerprint density at radius 3 is 1.11 bits per heavy atom. The van der Waals surface area contributed by atoms with Gasteiger partial charge in [-0.1, -0.05) is 12.8 Å². The average Bonchev–Trinajstić information content (AvgIpc) is 2.04. The third kappa shape index (κ3) is 38.1. The molecule has 120 valence electrons. The molecule has 0 aliphatic heterocycles. The van der Waals surface area contributed by atoms with E-state index in [9.17, 15) is 0 Å². The van der Waals surface area contributed by atoms with Crippen molar-refractivity contribution < 1.29 is 47.0 Å². The van der Waals surface area contributed by atoms with E-state index in [4.69, 9.17) is 37.4 Å². The summed E-state index contributed by atoms with van der Waals surface area (Å²) in [6.45, 7) is 0. The topological polar surface area (TPSA) is 166 Å². The summed E-state index contributed by atoms with van der Waals surface area (Å²) in [5.41, 5.74) is 11.3. The molecular weight excluding hydrogens is 479 g/mol. The molecule has 2 atom stereocenters. The van der Waals surface area contributed by atoms with E-state index in [1.807, 2.05) is 0 Å². The fraction of sp³-hybridized carbons (Fsp3) is 1.00. The molecule has 1 fully saturated rings. The molecule has 0 spiro atoms. The molecule has 0 saturated heterocycles. The largest absolute Gasteiger partial charge is 2.00 e. The maximum atomic E-state index is 9.08. The minimum Gasteiger partial charge on any atom is -0.748 e. The third-order valence-corrected chi connectivity index (χ3v) is 1.87. The molecule has 11 heteroatoms. The van der Waals surface area contributed by atoms with Gasteiger partial charge in [0.2, 0.25) is 0 Å². The number of nitrogens with two attached hydrogens (primary N) is 2. The Bertz CT molecular complexity index is 355. The van der Waals surface area contributed by atoms with Gasteiger partial charge < -0.3 is 20.6 Å². The molecule has 0 radical (unpaired) electrons. The average molecular weight is 499 g/mol. The van der Waals surface area contributed by atoms with Crippen LogP contribution >= 0.6 is 0 Å². The normalized spacial score (nSPS) is 22.8. The zero-order chi connectivity index (χ0) is 15.0. The zero-order valence-electron chi connectivity index (χ0n) is 10.7. The molecule has 0 amide bonds. The fourth-order valence-corrected chi connectivity index (χ4v) is 1.19. The number of hydrogen-bond acceptors (Lipinski definition) is 8. The van der Waals surface area contributed by atoms with E-state index in [1.54, 1.807) is 0 Å². The molecule has 1 aliphatic carbocycles. The van der Waals surface area contributed by atoms with E-state index in [0.29, 0.717) is 12.5 Å². The van der Waals surface area contributed by atoms with Gasteiger partial charge in [0.25, 0.3) is 0 Å². The quantitative estimate of drug-likeness (QED) is 0.381. The molecule has 8 nitrogen and oxygen atoms in total. The van der Waals surface area contributed by atoms with Crippen molar-refractivity contribution in [3.05, 3.63) is 0 Å². The predicted octanol–water partition coefficient (Wildman–Crippen LogP) is -1.46. The number of rotatable bonds is 0. The zero-order valence-corrected chi connectivity index (χ0v) is 14.6. The van der Waals surface area contributed by atoms with Crippen LogP contribution in [0.4, 0.5) is 0 Å². The number of hydrogen-bond donors (Lipinski definition) is 2. The van der Waals surface area contributed by atoms with Crippen LogP contribution in [-0.4, -0.2) is 50.5 Å². The Morgan fingerprint density at radius 1 is 0.842 bits per heavy atom. The fourth-order valence-electron chi connectivity index (χ4n) is 1.19. The summed E-state index contributed by atoms with van der Waals surface area (Å²) in [5.74, 6) is 0. The van der Waals surface area contributed by atoms with Crippen molar-refractivity contribution in [3.63, 3.8) is 0 Å². The van der Waals surface area contributed by atoms with E-state index in [-0.39, 0.29) is 33.1 Å². The molecular formula is C8H20N2O6PtS2. The van der Waals surface area contributed by atoms with Crippen molar-refractivity contribution in [2.24, 2.45) is 11.5 Å². The van der Waals surface area contributed by atoms with Gasteiger partial charge in [0.15, 0.2) is 0 Å². The smallest absolute Gasteiger partial charge is 0.748 e. The summed E-state index contributed by atoms with van der Waals surface area (Å²) in [6, 6.07) is 0.562. The van der Waals surface area contributed by atoms with Crippen LogP contribution in [0.15, 0.2) is 0 Å². The second-order valence-electron chi connectivity index (χ2n) is 4.02. The van der Waals surface area contributed by atoms with Gasteiger partial charge in [-0.15, -0.1) is 0 Å². The van der Waals surface area contributed by atoms with Crippen molar-refractivity contribution in [1.82, 2.24) is 0 Å². The van der Waals surface area contributed by atoms with Crippen molar-refractivity contribution in [1.29, 1.82) is 0 Å². The second-order valence-corrected chi connectivity index (χ2v) is 6.84. The molecule has 0 aromatic rings. The van der Waals surface area contributed by atoms with Crippen LogP contribution in [0.5, 0.6) is 0 Å². The third-order valence-electron chi connectivity index (χ3n) is 1.87. The van der Waals surface area contributed by atoms with E-state index < -0.39 is 20.2 Å². The SMILES string of the molecule is CS(=O)(=O)[O-].CS(=O)(=O)[O-].N[C@@H]1CCCC[C@H]1N.[Pt+2]. The van der Waals surface area contributed by atoms with Gasteiger partial charge in [-0.2, -0.15) is 0 Å². The standard InChI is InChI=1S/C6H14N2.2CH4O3S.Pt/c7-5-3-1-2-4-6(5)8;2*1-5(2,3)4;/h5-6H,1-4,7-8H2;2*1H3,(H,2,3,4);/q;;;+2/p-2/t5-,6-;;;/m1.../s1. The molecule has 0 unspecified atom stereocenters. The van der Waals surface area contributed by atoms with Gasteiger partial charge in [-0.05, 0) is 12.8 Å². The first-order valence-corrected chi connectivity index (χ1v) is 8.77. The summed E-state index contributed by atoms with van der Waals surface area (Å²) in [5, 5.41) is 0. The molecule has 1 rings (SSSR count). The van der Waals surface area contributed by atoms with Crippen LogP contribution in [-0.2, 0) is 41.3 Å². The Balaban J connectivity index is -0.000000208. The van der Waals surface area contributed by atoms with Crippen molar-refractivity contribution in [3.8, 4) is 0 Å². The van der Waals surface area contributed by atoms with Gasteiger partial charge in [-0.3, -0.25) is 0 Å². The molecule has 0 aromatic carbocycles.